The number of pyridine rings is 1. The highest BCUT2D eigenvalue weighted by molar-refractivity contribution is 7.09. The van der Waals surface area contributed by atoms with Gasteiger partial charge in [0.05, 0.1) is 16.4 Å². The largest absolute Gasteiger partial charge is 0.323 e. The molecule has 5 nitrogen and oxygen atoms in total. The van der Waals surface area contributed by atoms with Gasteiger partial charge in [-0.05, 0) is 37.3 Å². The first-order valence-corrected chi connectivity index (χ1v) is 9.50. The Labute approximate surface area is 165 Å². The van der Waals surface area contributed by atoms with Gasteiger partial charge in [-0.15, -0.1) is 11.3 Å². The molecule has 27 heavy (non-hydrogen) atoms. The number of rotatable bonds is 4. The van der Waals surface area contributed by atoms with Crippen LogP contribution < -0.4 is 5.32 Å². The van der Waals surface area contributed by atoms with E-state index in [-0.39, 0.29) is 5.91 Å². The van der Waals surface area contributed by atoms with Crippen LogP contribution >= 0.6 is 22.9 Å². The normalized spacial score (nSPS) is 11.3. The van der Waals surface area contributed by atoms with Crippen LogP contribution in [0, 0.1) is 6.92 Å². The monoisotopic (exact) mass is 394 g/mol. The molecule has 0 spiro atoms. The van der Waals surface area contributed by atoms with Crippen LogP contribution in [0.2, 0.25) is 5.15 Å². The van der Waals surface area contributed by atoms with E-state index >= 15 is 0 Å². The first-order chi connectivity index (χ1) is 13.1. The molecule has 3 aromatic heterocycles. The van der Waals surface area contributed by atoms with Crippen molar-refractivity contribution in [1.82, 2.24) is 14.4 Å². The van der Waals surface area contributed by atoms with Gasteiger partial charge >= 0.3 is 0 Å². The number of fused-ring (bicyclic) bond motifs is 1. The summed E-state index contributed by atoms with van der Waals surface area (Å²) in [6.07, 6.45) is 4.95. The van der Waals surface area contributed by atoms with E-state index in [4.69, 9.17) is 11.6 Å². The Morgan fingerprint density at radius 2 is 2.00 bits per heavy atom. The van der Waals surface area contributed by atoms with Crippen LogP contribution in [0.1, 0.15) is 10.7 Å². The Bertz CT molecular complexity index is 1140. The number of hydrogen-bond donors (Lipinski definition) is 1. The zero-order valence-electron chi connectivity index (χ0n) is 14.4. The number of imidazole rings is 1. The van der Waals surface area contributed by atoms with Gasteiger partial charge < -0.3 is 5.32 Å². The van der Waals surface area contributed by atoms with Crippen molar-refractivity contribution in [1.29, 1.82) is 0 Å². The number of aromatic nitrogens is 3. The molecule has 1 aromatic carbocycles. The fourth-order valence-electron chi connectivity index (χ4n) is 2.69. The van der Waals surface area contributed by atoms with Crippen LogP contribution in [0.3, 0.4) is 0 Å². The molecule has 0 saturated heterocycles. The molecule has 0 atom stereocenters. The van der Waals surface area contributed by atoms with Gasteiger partial charge in [-0.25, -0.2) is 9.97 Å². The second-order valence-electron chi connectivity index (χ2n) is 5.87. The number of thiazole rings is 1. The highest BCUT2D eigenvalue weighted by Crippen LogP contribution is 2.23. The zero-order chi connectivity index (χ0) is 18.8. The highest BCUT2D eigenvalue weighted by Gasteiger charge is 2.08. The van der Waals surface area contributed by atoms with E-state index in [0.29, 0.717) is 16.5 Å². The average molecular weight is 395 g/mol. The Kier molecular flexibility index (Phi) is 4.75. The molecule has 0 fully saturated rings. The fourth-order valence-corrected chi connectivity index (χ4v) is 3.56. The predicted molar refractivity (Wildman–Crippen MR) is 110 cm³/mol. The Hall–Kier alpha value is -2.96. The Morgan fingerprint density at radius 1 is 1.19 bits per heavy atom. The molecule has 0 aliphatic heterocycles. The summed E-state index contributed by atoms with van der Waals surface area (Å²) >= 11 is 7.78. The Balaban J connectivity index is 1.47. The number of nitrogens with zero attached hydrogens (tertiary/aromatic N) is 3. The van der Waals surface area contributed by atoms with Crippen LogP contribution in [0.25, 0.3) is 23.0 Å². The summed E-state index contributed by atoms with van der Waals surface area (Å²) in [5.74, 6) is -0.241. The topological polar surface area (TPSA) is 59.3 Å². The highest BCUT2D eigenvalue weighted by atomic mass is 35.5. The molecule has 1 amide bonds. The summed E-state index contributed by atoms with van der Waals surface area (Å²) in [7, 11) is 0. The van der Waals surface area contributed by atoms with E-state index in [1.807, 2.05) is 65.4 Å². The number of hydrogen-bond acceptors (Lipinski definition) is 4. The van der Waals surface area contributed by atoms with E-state index in [0.717, 1.165) is 21.9 Å². The third-order valence-corrected chi connectivity index (χ3v) is 5.03. The summed E-state index contributed by atoms with van der Waals surface area (Å²) in [4.78, 5) is 20.9. The zero-order valence-corrected chi connectivity index (χ0v) is 16.0. The lowest BCUT2D eigenvalue weighted by molar-refractivity contribution is -0.111. The van der Waals surface area contributed by atoms with Crippen LogP contribution in [0.15, 0.2) is 60.1 Å². The maximum atomic E-state index is 12.2. The molecule has 0 aliphatic rings. The average Bonchev–Trinajstić information content (AvgIpc) is 3.23. The van der Waals surface area contributed by atoms with Gasteiger partial charge in [0.15, 0.2) is 5.15 Å². The van der Waals surface area contributed by atoms with Crippen LogP contribution in [0.4, 0.5) is 5.69 Å². The van der Waals surface area contributed by atoms with Gasteiger partial charge in [0.1, 0.15) is 5.65 Å². The lowest BCUT2D eigenvalue weighted by atomic mass is 10.1. The van der Waals surface area contributed by atoms with Crippen molar-refractivity contribution in [2.24, 2.45) is 0 Å². The number of carbonyl (C=O) groups is 1. The number of aryl methyl sites for hydroxylation is 1. The summed E-state index contributed by atoms with van der Waals surface area (Å²) < 4.78 is 1.83. The molecule has 7 heteroatoms. The minimum atomic E-state index is -0.241. The SMILES string of the molecule is Cc1nc(-c2ccc(NC(=O)/C=C/c3c(Cl)nc4ccccn34)cc2)cs1. The maximum absolute atomic E-state index is 12.2. The first kappa shape index (κ1) is 17.5. The van der Waals surface area contributed by atoms with Crippen molar-refractivity contribution < 1.29 is 4.79 Å². The summed E-state index contributed by atoms with van der Waals surface area (Å²) in [6.45, 7) is 1.98. The third-order valence-electron chi connectivity index (χ3n) is 3.98. The lowest BCUT2D eigenvalue weighted by Gasteiger charge is -2.03. The van der Waals surface area contributed by atoms with Crippen molar-refractivity contribution in [2.45, 2.75) is 6.92 Å². The summed E-state index contributed by atoms with van der Waals surface area (Å²) in [6, 6.07) is 13.2. The van der Waals surface area contributed by atoms with Crippen LogP contribution in [0.5, 0.6) is 0 Å². The lowest BCUT2D eigenvalue weighted by Crippen LogP contribution is -2.07. The van der Waals surface area contributed by atoms with Gasteiger partial charge in [0, 0.05) is 28.9 Å². The van der Waals surface area contributed by atoms with Crippen molar-refractivity contribution in [3.8, 4) is 11.3 Å². The second-order valence-corrected chi connectivity index (χ2v) is 7.29. The van der Waals surface area contributed by atoms with Crippen molar-refractivity contribution in [2.75, 3.05) is 5.32 Å². The number of halogens is 1. The van der Waals surface area contributed by atoms with Crippen LogP contribution in [-0.4, -0.2) is 20.3 Å². The van der Waals surface area contributed by atoms with Crippen LogP contribution in [-0.2, 0) is 4.79 Å². The van der Waals surface area contributed by atoms with Crippen molar-refractivity contribution >= 4 is 46.3 Å². The number of anilines is 1. The summed E-state index contributed by atoms with van der Waals surface area (Å²) in [5.41, 5.74) is 4.07. The van der Waals surface area contributed by atoms with E-state index in [1.54, 1.807) is 17.4 Å². The molecule has 0 saturated carbocycles. The van der Waals surface area contributed by atoms with Gasteiger partial charge in [-0.1, -0.05) is 29.8 Å². The summed E-state index contributed by atoms with van der Waals surface area (Å²) in [5, 5.41) is 6.24. The molecule has 3 heterocycles. The standard InChI is InChI=1S/C20H15ClN4OS/c1-13-22-16(12-27-13)14-5-7-15(8-6-14)23-19(26)10-9-17-20(21)24-18-4-2-3-11-25(17)18/h2-12H,1H3,(H,23,26)/b10-9+. The van der Waals surface area contributed by atoms with Gasteiger partial charge in [-0.2, -0.15) is 0 Å². The molecule has 0 aliphatic carbocycles. The molecule has 134 valence electrons. The molecule has 4 rings (SSSR count). The fraction of sp³-hybridized carbons (Fsp3) is 0.0500. The van der Waals surface area contributed by atoms with Gasteiger partial charge in [0.25, 0.3) is 0 Å². The smallest absolute Gasteiger partial charge is 0.248 e. The van der Waals surface area contributed by atoms with Crippen molar-refractivity contribution in [3.63, 3.8) is 0 Å². The molecule has 0 radical (unpaired) electrons. The second kappa shape index (κ2) is 7.34. The predicted octanol–water partition coefficient (Wildman–Crippen LogP) is 5.07. The third kappa shape index (κ3) is 3.77. The minimum Gasteiger partial charge on any atom is -0.323 e. The van der Waals surface area contributed by atoms with Gasteiger partial charge in [0.2, 0.25) is 5.91 Å². The van der Waals surface area contributed by atoms with E-state index in [1.165, 1.54) is 6.08 Å². The Morgan fingerprint density at radius 3 is 2.74 bits per heavy atom. The first-order valence-electron chi connectivity index (χ1n) is 8.24. The molecular formula is C20H15ClN4OS. The number of amides is 1. The molecular weight excluding hydrogens is 380 g/mol. The van der Waals surface area contributed by atoms with E-state index in [2.05, 4.69) is 15.3 Å². The molecule has 4 aromatic rings. The number of carbonyl (C=O) groups excluding carboxylic acids is 1. The van der Waals surface area contributed by atoms with Gasteiger partial charge in [-0.3, -0.25) is 9.20 Å². The van der Waals surface area contributed by atoms with Crippen molar-refractivity contribution in [3.05, 3.63) is 76.0 Å². The molecule has 1 N–H and O–H groups in total. The quantitative estimate of drug-likeness (QED) is 0.491. The molecule has 0 bridgehead atoms. The van der Waals surface area contributed by atoms with E-state index < -0.39 is 0 Å². The molecule has 0 unspecified atom stereocenters. The number of benzene rings is 1. The minimum absolute atomic E-state index is 0.241. The number of nitrogens with one attached hydrogen (secondary N) is 1. The maximum Gasteiger partial charge on any atom is 0.248 e. The van der Waals surface area contributed by atoms with E-state index in [9.17, 15) is 4.79 Å².